The van der Waals surface area contributed by atoms with Crippen LogP contribution in [0.5, 0.6) is 0 Å². The molecule has 0 radical (unpaired) electrons. The fraction of sp³-hybridized carbons (Fsp3) is 0.250. The van der Waals surface area contributed by atoms with E-state index in [2.05, 4.69) is 10.6 Å². The molecule has 1 aromatic carbocycles. The fourth-order valence-corrected chi connectivity index (χ4v) is 3.24. The van der Waals surface area contributed by atoms with Gasteiger partial charge in [0.2, 0.25) is 0 Å². The molecule has 2 rings (SSSR count). The second kappa shape index (κ2) is 8.71. The van der Waals surface area contributed by atoms with Gasteiger partial charge in [0.15, 0.2) is 0 Å². The number of methoxy groups -OCH3 is 1. The smallest absolute Gasteiger partial charge is 0.313 e. The van der Waals surface area contributed by atoms with Gasteiger partial charge < -0.3 is 15.4 Å². The first-order chi connectivity index (χ1) is 11.2. The molecule has 1 heterocycles. The lowest BCUT2D eigenvalue weighted by Gasteiger charge is -2.15. The van der Waals surface area contributed by atoms with Crippen LogP contribution in [0.3, 0.4) is 0 Å². The Morgan fingerprint density at radius 2 is 2.04 bits per heavy atom. The Hall–Kier alpha value is -1.83. The topological polar surface area (TPSA) is 67.4 Å². The molecule has 0 saturated heterocycles. The number of anilines is 1. The van der Waals surface area contributed by atoms with Crippen molar-refractivity contribution in [1.29, 1.82) is 0 Å². The van der Waals surface area contributed by atoms with E-state index in [0.717, 1.165) is 10.5 Å². The van der Waals surface area contributed by atoms with Crippen LogP contribution in [0.2, 0.25) is 0 Å². The summed E-state index contributed by atoms with van der Waals surface area (Å²) in [5, 5.41) is 9.12. The third-order valence-corrected chi connectivity index (χ3v) is 4.71. The average Bonchev–Trinajstić information content (AvgIpc) is 3.10. The highest BCUT2D eigenvalue weighted by molar-refractivity contribution is 7.98. The lowest BCUT2D eigenvalue weighted by Crippen LogP contribution is -2.38. The molecular formula is C16H18N2O3S2. The molecule has 5 nitrogen and oxygen atoms in total. The lowest BCUT2D eigenvalue weighted by atomic mass is 10.2. The Bertz CT molecular complexity index is 659. The minimum absolute atomic E-state index is 0.240. The highest BCUT2D eigenvalue weighted by Crippen LogP contribution is 2.24. The van der Waals surface area contributed by atoms with E-state index in [-0.39, 0.29) is 12.6 Å². The molecule has 1 aromatic heterocycles. The quantitative estimate of drug-likeness (QED) is 0.621. The molecule has 1 atom stereocenters. The molecule has 0 aliphatic rings. The summed E-state index contributed by atoms with van der Waals surface area (Å²) in [5.41, 5.74) is 1.60. The Morgan fingerprint density at radius 1 is 1.26 bits per heavy atom. The molecule has 2 aromatic rings. The summed E-state index contributed by atoms with van der Waals surface area (Å²) in [6.07, 6.45) is 1.64. The van der Waals surface area contributed by atoms with Gasteiger partial charge in [0.05, 0.1) is 5.69 Å². The van der Waals surface area contributed by atoms with E-state index in [1.807, 2.05) is 41.3 Å². The number of carbonyl (C=O) groups excluding carboxylic acids is 2. The zero-order valence-electron chi connectivity index (χ0n) is 12.9. The van der Waals surface area contributed by atoms with Gasteiger partial charge in [-0.3, -0.25) is 9.59 Å². The van der Waals surface area contributed by atoms with E-state index in [4.69, 9.17) is 4.74 Å². The Kier molecular flexibility index (Phi) is 6.64. The molecule has 0 aliphatic carbocycles. The van der Waals surface area contributed by atoms with Crippen molar-refractivity contribution in [2.75, 3.05) is 25.2 Å². The summed E-state index contributed by atoms with van der Waals surface area (Å²) in [4.78, 5) is 24.9. The van der Waals surface area contributed by atoms with Gasteiger partial charge in [0, 0.05) is 18.6 Å². The first-order valence-corrected chi connectivity index (χ1v) is 9.09. The molecule has 0 saturated carbocycles. The van der Waals surface area contributed by atoms with Crippen molar-refractivity contribution < 1.29 is 14.3 Å². The third-order valence-electron chi connectivity index (χ3n) is 3.21. The largest absolute Gasteiger partial charge is 0.375 e. The minimum Gasteiger partial charge on any atom is -0.375 e. The van der Waals surface area contributed by atoms with E-state index < -0.39 is 11.8 Å². The Balaban J connectivity index is 1.91. The number of hydrogen-bond acceptors (Lipinski definition) is 5. The molecule has 2 N–H and O–H groups in total. The number of ether oxygens (including phenoxy) is 1. The number of amides is 2. The van der Waals surface area contributed by atoms with Gasteiger partial charge in [-0.1, -0.05) is 12.1 Å². The maximum Gasteiger partial charge on any atom is 0.313 e. The number of thiophene rings is 1. The maximum atomic E-state index is 12.0. The number of hydrogen-bond donors (Lipinski definition) is 2. The molecule has 1 unspecified atom stereocenters. The number of para-hydroxylation sites is 1. The number of rotatable bonds is 6. The zero-order valence-corrected chi connectivity index (χ0v) is 14.5. The summed E-state index contributed by atoms with van der Waals surface area (Å²) < 4.78 is 5.34. The van der Waals surface area contributed by atoms with E-state index in [1.165, 1.54) is 11.8 Å². The first kappa shape index (κ1) is 17.5. The zero-order chi connectivity index (χ0) is 16.7. The van der Waals surface area contributed by atoms with Gasteiger partial charge in [-0.15, -0.1) is 11.8 Å². The summed E-state index contributed by atoms with van der Waals surface area (Å²) >= 11 is 3.06. The van der Waals surface area contributed by atoms with Crippen molar-refractivity contribution in [1.82, 2.24) is 5.32 Å². The standard InChI is InChI=1S/C16H18N2O3S2/c1-21-13(11-7-8-23-10-11)9-17-15(19)16(20)18-12-5-3-4-6-14(12)22-2/h3-8,10,13H,9H2,1-2H3,(H,17,19)(H,18,20). The van der Waals surface area contributed by atoms with Crippen LogP contribution in [-0.2, 0) is 14.3 Å². The third kappa shape index (κ3) is 4.82. The van der Waals surface area contributed by atoms with E-state index >= 15 is 0 Å². The van der Waals surface area contributed by atoms with E-state index in [0.29, 0.717) is 5.69 Å². The van der Waals surface area contributed by atoms with Crippen LogP contribution in [0.4, 0.5) is 5.69 Å². The van der Waals surface area contributed by atoms with Crippen LogP contribution in [0.1, 0.15) is 11.7 Å². The summed E-state index contributed by atoms with van der Waals surface area (Å²) in [6.45, 7) is 0.240. The number of carbonyl (C=O) groups is 2. The second-order valence-electron chi connectivity index (χ2n) is 4.65. The molecule has 0 aliphatic heterocycles. The van der Waals surface area contributed by atoms with Crippen molar-refractivity contribution in [3.63, 3.8) is 0 Å². The molecule has 0 spiro atoms. The number of thioether (sulfide) groups is 1. The normalized spacial score (nSPS) is 11.7. The average molecular weight is 350 g/mol. The Morgan fingerprint density at radius 3 is 2.70 bits per heavy atom. The van der Waals surface area contributed by atoms with Crippen molar-refractivity contribution in [2.24, 2.45) is 0 Å². The predicted molar refractivity (Wildman–Crippen MR) is 93.9 cm³/mol. The molecule has 23 heavy (non-hydrogen) atoms. The van der Waals surface area contributed by atoms with Gasteiger partial charge in [0.25, 0.3) is 0 Å². The fourth-order valence-electron chi connectivity index (χ4n) is 1.99. The van der Waals surface area contributed by atoms with Crippen LogP contribution in [0.25, 0.3) is 0 Å². The molecular weight excluding hydrogens is 332 g/mol. The predicted octanol–water partition coefficient (Wildman–Crippen LogP) is 2.91. The minimum atomic E-state index is -0.688. The maximum absolute atomic E-state index is 12.0. The van der Waals surface area contributed by atoms with Crippen LogP contribution in [0, 0.1) is 0 Å². The van der Waals surface area contributed by atoms with Crippen LogP contribution in [-0.4, -0.2) is 31.7 Å². The second-order valence-corrected chi connectivity index (χ2v) is 6.27. The molecule has 0 fully saturated rings. The van der Waals surface area contributed by atoms with Gasteiger partial charge >= 0.3 is 11.8 Å². The summed E-state index contributed by atoms with van der Waals surface area (Å²) in [6, 6.07) is 9.27. The van der Waals surface area contributed by atoms with Gasteiger partial charge in [-0.25, -0.2) is 0 Å². The molecule has 7 heteroatoms. The van der Waals surface area contributed by atoms with Crippen molar-refractivity contribution in [3.8, 4) is 0 Å². The Labute approximate surface area is 143 Å². The van der Waals surface area contributed by atoms with Crippen LogP contribution >= 0.6 is 23.1 Å². The molecule has 0 bridgehead atoms. The van der Waals surface area contributed by atoms with E-state index in [1.54, 1.807) is 24.5 Å². The SMILES string of the molecule is COC(CNC(=O)C(=O)Nc1ccccc1SC)c1ccsc1. The highest BCUT2D eigenvalue weighted by atomic mass is 32.2. The van der Waals surface area contributed by atoms with Crippen molar-refractivity contribution >= 4 is 40.6 Å². The number of nitrogens with one attached hydrogen (secondary N) is 2. The van der Waals surface area contributed by atoms with Crippen molar-refractivity contribution in [3.05, 3.63) is 46.7 Å². The highest BCUT2D eigenvalue weighted by Gasteiger charge is 2.18. The lowest BCUT2D eigenvalue weighted by molar-refractivity contribution is -0.136. The monoisotopic (exact) mass is 350 g/mol. The molecule has 122 valence electrons. The van der Waals surface area contributed by atoms with E-state index in [9.17, 15) is 9.59 Å². The summed E-state index contributed by atoms with van der Waals surface area (Å²) in [5.74, 6) is -1.37. The summed E-state index contributed by atoms with van der Waals surface area (Å²) in [7, 11) is 1.57. The van der Waals surface area contributed by atoms with Gasteiger partial charge in [0.1, 0.15) is 6.10 Å². The van der Waals surface area contributed by atoms with Crippen LogP contribution in [0.15, 0.2) is 46.0 Å². The van der Waals surface area contributed by atoms with Gasteiger partial charge in [-0.2, -0.15) is 11.3 Å². The van der Waals surface area contributed by atoms with Crippen LogP contribution < -0.4 is 10.6 Å². The first-order valence-electron chi connectivity index (χ1n) is 6.92. The molecule has 2 amide bonds. The number of benzene rings is 1. The van der Waals surface area contributed by atoms with Gasteiger partial charge in [-0.05, 0) is 40.8 Å². The van der Waals surface area contributed by atoms with Crippen molar-refractivity contribution in [2.45, 2.75) is 11.0 Å².